The summed E-state index contributed by atoms with van der Waals surface area (Å²) in [5.41, 5.74) is 0.574. The zero-order chi connectivity index (χ0) is 22.0. The molecule has 2 aromatic heterocycles. The number of anilines is 1. The molecule has 10 heteroatoms. The number of carbonyl (C=O) groups excluding carboxylic acids is 1. The lowest BCUT2D eigenvalue weighted by atomic mass is 10.3. The number of hydrogen-bond donors (Lipinski definition) is 1. The van der Waals surface area contributed by atoms with Crippen LogP contribution in [0, 0.1) is 6.92 Å². The summed E-state index contributed by atoms with van der Waals surface area (Å²) in [7, 11) is -3.58. The van der Waals surface area contributed by atoms with Gasteiger partial charge in [-0.05, 0) is 56.2 Å². The Balaban J connectivity index is 1.50. The van der Waals surface area contributed by atoms with Gasteiger partial charge >= 0.3 is 0 Å². The number of benzene rings is 1. The zero-order valence-corrected chi connectivity index (χ0v) is 18.6. The third-order valence-electron chi connectivity index (χ3n) is 4.97. The lowest BCUT2D eigenvalue weighted by Crippen LogP contribution is -2.29. The van der Waals surface area contributed by atoms with E-state index in [9.17, 15) is 18.0 Å². The Kier molecular flexibility index (Phi) is 6.03. The molecule has 1 aliphatic heterocycles. The fourth-order valence-electron chi connectivity index (χ4n) is 3.41. The highest BCUT2D eigenvalue weighted by molar-refractivity contribution is 7.89. The van der Waals surface area contributed by atoms with Crippen molar-refractivity contribution >= 4 is 33.0 Å². The number of amides is 1. The van der Waals surface area contributed by atoms with E-state index in [-0.39, 0.29) is 11.4 Å². The number of nitrogens with zero attached hydrogens (tertiary/aromatic N) is 3. The molecule has 0 saturated carbocycles. The maximum Gasteiger partial charge on any atom is 0.267 e. The summed E-state index contributed by atoms with van der Waals surface area (Å²) in [6, 6.07) is 13.1. The van der Waals surface area contributed by atoms with Crippen molar-refractivity contribution in [2.24, 2.45) is 0 Å². The highest BCUT2D eigenvalue weighted by atomic mass is 32.2. The van der Waals surface area contributed by atoms with Gasteiger partial charge in [-0.2, -0.15) is 9.40 Å². The van der Waals surface area contributed by atoms with E-state index in [4.69, 9.17) is 0 Å². The minimum Gasteiger partial charge on any atom is -0.324 e. The summed E-state index contributed by atoms with van der Waals surface area (Å²) in [6.07, 6.45) is 1.70. The fourth-order valence-corrected chi connectivity index (χ4v) is 5.81. The number of aryl methyl sites for hydroxylation is 1. The monoisotopic (exact) mass is 458 g/mol. The van der Waals surface area contributed by atoms with Gasteiger partial charge in [0.25, 0.3) is 5.56 Å². The lowest BCUT2D eigenvalue weighted by Gasteiger charge is -2.16. The van der Waals surface area contributed by atoms with E-state index in [0.717, 1.165) is 27.3 Å². The summed E-state index contributed by atoms with van der Waals surface area (Å²) in [5.74, 6) is -0.468. The molecule has 1 saturated heterocycles. The molecule has 162 valence electrons. The van der Waals surface area contributed by atoms with Crippen LogP contribution in [0.4, 0.5) is 5.69 Å². The summed E-state index contributed by atoms with van der Waals surface area (Å²) in [5, 5.41) is 6.96. The first-order chi connectivity index (χ1) is 14.8. The molecule has 4 rings (SSSR count). The summed E-state index contributed by atoms with van der Waals surface area (Å²) in [6.45, 7) is 2.72. The maximum absolute atomic E-state index is 12.7. The molecular weight excluding hydrogens is 436 g/mol. The number of nitrogens with one attached hydrogen (secondary N) is 1. The molecule has 1 aromatic carbocycles. The molecule has 0 spiro atoms. The second-order valence-corrected chi connectivity index (χ2v) is 10.5. The van der Waals surface area contributed by atoms with Crippen LogP contribution in [0.25, 0.3) is 10.6 Å². The second-order valence-electron chi connectivity index (χ2n) is 7.31. The Hall–Kier alpha value is -2.82. The van der Waals surface area contributed by atoms with Crippen molar-refractivity contribution in [2.45, 2.75) is 31.2 Å². The van der Waals surface area contributed by atoms with E-state index >= 15 is 0 Å². The van der Waals surface area contributed by atoms with E-state index in [1.165, 1.54) is 22.5 Å². The Morgan fingerprint density at radius 1 is 1.13 bits per heavy atom. The Morgan fingerprint density at radius 2 is 1.90 bits per heavy atom. The average molecular weight is 459 g/mol. The number of carbonyl (C=O) groups is 1. The van der Waals surface area contributed by atoms with Crippen LogP contribution < -0.4 is 10.9 Å². The molecule has 0 radical (unpaired) electrons. The number of thiophene rings is 1. The second kappa shape index (κ2) is 8.74. The van der Waals surface area contributed by atoms with Crippen LogP contribution in [0.15, 0.2) is 58.2 Å². The van der Waals surface area contributed by atoms with Crippen LogP contribution in [0.3, 0.4) is 0 Å². The third kappa shape index (κ3) is 4.76. The molecule has 0 atom stereocenters. The summed E-state index contributed by atoms with van der Waals surface area (Å²) in [4.78, 5) is 26.9. The zero-order valence-electron chi connectivity index (χ0n) is 16.9. The topological polar surface area (TPSA) is 101 Å². The fraction of sp³-hybridized carbons (Fsp3) is 0.286. The van der Waals surface area contributed by atoms with E-state index in [2.05, 4.69) is 10.4 Å². The third-order valence-corrected chi connectivity index (χ3v) is 7.89. The van der Waals surface area contributed by atoms with Crippen LogP contribution >= 0.6 is 11.3 Å². The molecule has 1 aliphatic rings. The smallest absolute Gasteiger partial charge is 0.267 e. The Morgan fingerprint density at radius 3 is 2.61 bits per heavy atom. The van der Waals surface area contributed by atoms with Gasteiger partial charge in [-0.15, -0.1) is 11.3 Å². The standard InChI is InChI=1S/C21H22N4O4S2/c1-15-7-9-19(30-15)18-8-10-21(27)25(23-18)14-20(26)22-16-5-4-6-17(13-16)31(28,29)24-11-2-3-12-24/h4-10,13H,2-3,11-12,14H2,1H3,(H,22,26). The van der Waals surface area contributed by atoms with Crippen molar-refractivity contribution in [3.63, 3.8) is 0 Å². The summed E-state index contributed by atoms with van der Waals surface area (Å²) < 4.78 is 28.0. The highest BCUT2D eigenvalue weighted by Gasteiger charge is 2.27. The maximum atomic E-state index is 12.7. The van der Waals surface area contributed by atoms with Gasteiger partial charge in [-0.1, -0.05) is 6.07 Å². The molecule has 1 fully saturated rings. The summed E-state index contributed by atoms with van der Waals surface area (Å²) >= 11 is 1.55. The van der Waals surface area contributed by atoms with Gasteiger partial charge in [0.05, 0.1) is 9.77 Å². The largest absolute Gasteiger partial charge is 0.324 e. The normalized spacial score (nSPS) is 14.6. The van der Waals surface area contributed by atoms with E-state index in [1.54, 1.807) is 29.5 Å². The van der Waals surface area contributed by atoms with Gasteiger partial charge < -0.3 is 5.32 Å². The van der Waals surface area contributed by atoms with Crippen molar-refractivity contribution in [3.8, 4) is 10.6 Å². The molecule has 0 bridgehead atoms. The first kappa shape index (κ1) is 21.4. The predicted octanol–water partition coefficient (Wildman–Crippen LogP) is 2.70. The molecule has 1 N–H and O–H groups in total. The molecule has 31 heavy (non-hydrogen) atoms. The molecule has 8 nitrogen and oxygen atoms in total. The van der Waals surface area contributed by atoms with Gasteiger partial charge in [-0.3, -0.25) is 9.59 Å². The van der Waals surface area contributed by atoms with Crippen LogP contribution in [0.2, 0.25) is 0 Å². The van der Waals surface area contributed by atoms with Crippen LogP contribution in [-0.2, 0) is 21.4 Å². The molecule has 0 unspecified atom stereocenters. The molecular formula is C21H22N4O4S2. The van der Waals surface area contributed by atoms with Crippen molar-refractivity contribution in [1.82, 2.24) is 14.1 Å². The van der Waals surface area contributed by atoms with Crippen LogP contribution in [0.1, 0.15) is 17.7 Å². The first-order valence-electron chi connectivity index (χ1n) is 9.88. The Bertz CT molecular complexity index is 1270. The van der Waals surface area contributed by atoms with Gasteiger partial charge in [0.1, 0.15) is 12.2 Å². The number of rotatable bonds is 6. The molecule has 3 aromatic rings. The SMILES string of the molecule is Cc1ccc(-c2ccc(=O)n(CC(=O)Nc3cccc(S(=O)(=O)N4CCCC4)c3)n2)s1. The van der Waals surface area contributed by atoms with E-state index < -0.39 is 21.5 Å². The van der Waals surface area contributed by atoms with Gasteiger partial charge in [0.2, 0.25) is 15.9 Å². The van der Waals surface area contributed by atoms with Crippen molar-refractivity contribution in [1.29, 1.82) is 0 Å². The average Bonchev–Trinajstić information content (AvgIpc) is 3.42. The van der Waals surface area contributed by atoms with E-state index in [0.29, 0.717) is 24.5 Å². The van der Waals surface area contributed by atoms with Crippen molar-refractivity contribution in [3.05, 3.63) is 63.8 Å². The van der Waals surface area contributed by atoms with Gasteiger partial charge in [-0.25, -0.2) is 13.1 Å². The van der Waals surface area contributed by atoms with Crippen molar-refractivity contribution in [2.75, 3.05) is 18.4 Å². The lowest BCUT2D eigenvalue weighted by molar-refractivity contribution is -0.117. The predicted molar refractivity (Wildman–Crippen MR) is 120 cm³/mol. The van der Waals surface area contributed by atoms with Gasteiger partial charge in [0, 0.05) is 29.7 Å². The van der Waals surface area contributed by atoms with Gasteiger partial charge in [0.15, 0.2) is 0 Å². The minimum absolute atomic E-state index is 0.137. The van der Waals surface area contributed by atoms with Crippen molar-refractivity contribution < 1.29 is 13.2 Å². The Labute approximate surface area is 184 Å². The number of hydrogen-bond acceptors (Lipinski definition) is 6. The molecule has 1 amide bonds. The van der Waals surface area contributed by atoms with Crippen LogP contribution in [0.5, 0.6) is 0 Å². The highest BCUT2D eigenvalue weighted by Crippen LogP contribution is 2.25. The number of sulfonamides is 1. The van der Waals surface area contributed by atoms with E-state index in [1.807, 2.05) is 19.1 Å². The minimum atomic E-state index is -3.58. The van der Waals surface area contributed by atoms with Crippen LogP contribution in [-0.4, -0.2) is 41.5 Å². The number of aromatic nitrogens is 2. The molecule has 0 aliphatic carbocycles. The molecule has 3 heterocycles. The quantitative estimate of drug-likeness (QED) is 0.612. The first-order valence-corrected chi connectivity index (χ1v) is 12.1.